The second-order valence-corrected chi connectivity index (χ2v) is 5.34. The molecule has 0 aliphatic rings. The van der Waals surface area contributed by atoms with Crippen molar-refractivity contribution in [1.29, 1.82) is 0 Å². The fourth-order valence-electron chi connectivity index (χ4n) is 1.78. The Morgan fingerprint density at radius 1 is 1.42 bits per heavy atom. The summed E-state index contributed by atoms with van der Waals surface area (Å²) in [6, 6.07) is 9.74. The molecule has 1 atom stereocenters. The molecule has 0 spiro atoms. The van der Waals surface area contributed by atoms with Gasteiger partial charge < -0.3 is 16.2 Å². The summed E-state index contributed by atoms with van der Waals surface area (Å²) in [5.41, 5.74) is 8.65. The van der Waals surface area contributed by atoms with Crippen LogP contribution in [0, 0.1) is 6.92 Å². The molecule has 0 aliphatic carbocycles. The van der Waals surface area contributed by atoms with Gasteiger partial charge in [-0.1, -0.05) is 18.2 Å². The van der Waals surface area contributed by atoms with Gasteiger partial charge in [0.2, 0.25) is 0 Å². The molecule has 0 bridgehead atoms. The second-order valence-electron chi connectivity index (χ2n) is 4.36. The highest BCUT2D eigenvalue weighted by molar-refractivity contribution is 7.10. The number of hydrogen-bond acceptors (Lipinski definition) is 4. The van der Waals surface area contributed by atoms with E-state index in [1.54, 1.807) is 11.3 Å². The maximum Gasteiger partial charge on any atom is 0.113 e. The lowest BCUT2D eigenvalue weighted by Crippen LogP contribution is -2.10. The van der Waals surface area contributed by atoms with Crippen LogP contribution in [0.5, 0.6) is 0 Å². The molecule has 0 radical (unpaired) electrons. The summed E-state index contributed by atoms with van der Waals surface area (Å²) < 4.78 is 0. The minimum Gasteiger partial charge on any atom is -0.386 e. The lowest BCUT2D eigenvalue weighted by atomic mass is 10.0. The van der Waals surface area contributed by atoms with E-state index < -0.39 is 6.10 Å². The Bertz CT molecular complexity index is 576. The first-order chi connectivity index (χ1) is 9.11. The first kappa shape index (κ1) is 13.6. The highest BCUT2D eigenvalue weighted by Crippen LogP contribution is 2.29. The van der Waals surface area contributed by atoms with Crippen LogP contribution < -0.4 is 11.1 Å². The van der Waals surface area contributed by atoms with Gasteiger partial charge >= 0.3 is 0 Å². The number of allylic oxidation sites excluding steroid dienone is 1. The van der Waals surface area contributed by atoms with E-state index in [2.05, 4.69) is 5.32 Å². The minimum absolute atomic E-state index is 0.590. The number of thiophene rings is 1. The van der Waals surface area contributed by atoms with Gasteiger partial charge in [-0.2, -0.15) is 0 Å². The van der Waals surface area contributed by atoms with Crippen LogP contribution in [0.4, 0.5) is 5.69 Å². The average molecular weight is 274 g/mol. The van der Waals surface area contributed by atoms with Gasteiger partial charge in [-0.15, -0.1) is 11.3 Å². The van der Waals surface area contributed by atoms with Crippen LogP contribution >= 0.6 is 11.3 Å². The standard InChI is InChI=1S/C15H18N2OS/c1-3-14(16)17-12-9-11(7-6-10(12)2)15(18)13-5-4-8-19-13/h3-9,15,17-18H,16H2,1-2H3/b14-3-. The third kappa shape index (κ3) is 3.16. The van der Waals surface area contributed by atoms with Gasteiger partial charge in [-0.05, 0) is 48.6 Å². The van der Waals surface area contributed by atoms with E-state index in [1.807, 2.05) is 55.6 Å². The van der Waals surface area contributed by atoms with Gasteiger partial charge in [-0.25, -0.2) is 0 Å². The molecule has 3 nitrogen and oxygen atoms in total. The Kier molecular flexibility index (Phi) is 4.24. The molecule has 4 heteroatoms. The molecule has 1 unspecified atom stereocenters. The van der Waals surface area contributed by atoms with E-state index in [0.29, 0.717) is 5.82 Å². The molecule has 0 saturated carbocycles. The van der Waals surface area contributed by atoms with Crippen molar-refractivity contribution >= 4 is 17.0 Å². The molecule has 0 fully saturated rings. The van der Waals surface area contributed by atoms with Gasteiger partial charge in [0.15, 0.2) is 0 Å². The summed E-state index contributed by atoms with van der Waals surface area (Å²) in [6.07, 6.45) is 1.22. The van der Waals surface area contributed by atoms with Crippen molar-refractivity contribution in [3.8, 4) is 0 Å². The van der Waals surface area contributed by atoms with Gasteiger partial charge in [0, 0.05) is 10.6 Å². The lowest BCUT2D eigenvalue weighted by Gasteiger charge is -2.14. The maximum absolute atomic E-state index is 10.3. The van der Waals surface area contributed by atoms with Crippen molar-refractivity contribution in [2.24, 2.45) is 5.73 Å². The number of aliphatic hydroxyl groups excluding tert-OH is 1. The van der Waals surface area contributed by atoms with Crippen LogP contribution in [-0.2, 0) is 0 Å². The lowest BCUT2D eigenvalue weighted by molar-refractivity contribution is 0.224. The molecule has 4 N–H and O–H groups in total. The molecule has 2 aromatic rings. The zero-order chi connectivity index (χ0) is 13.8. The largest absolute Gasteiger partial charge is 0.386 e. The summed E-state index contributed by atoms with van der Waals surface area (Å²) in [5.74, 6) is 0.603. The molecular weight excluding hydrogens is 256 g/mol. The fourth-order valence-corrected chi connectivity index (χ4v) is 2.52. The fraction of sp³-hybridized carbons (Fsp3) is 0.200. The summed E-state index contributed by atoms with van der Waals surface area (Å²) in [7, 11) is 0. The SMILES string of the molecule is C/C=C(/N)Nc1cc(C(O)c2cccs2)ccc1C. The monoisotopic (exact) mass is 274 g/mol. The number of aliphatic hydroxyl groups is 1. The Labute approximate surface area is 117 Å². The normalized spacial score (nSPS) is 13.3. The van der Waals surface area contributed by atoms with Gasteiger partial charge in [0.1, 0.15) is 6.10 Å². The molecule has 100 valence electrons. The van der Waals surface area contributed by atoms with Crippen molar-refractivity contribution in [2.75, 3.05) is 5.32 Å². The molecule has 0 amide bonds. The van der Waals surface area contributed by atoms with Crippen LogP contribution in [0.25, 0.3) is 0 Å². The zero-order valence-electron chi connectivity index (χ0n) is 11.1. The number of aryl methyl sites for hydroxylation is 1. The van der Waals surface area contributed by atoms with E-state index in [4.69, 9.17) is 5.73 Å². The molecule has 1 heterocycles. The predicted molar refractivity (Wildman–Crippen MR) is 81.1 cm³/mol. The van der Waals surface area contributed by atoms with E-state index in [-0.39, 0.29) is 0 Å². The maximum atomic E-state index is 10.3. The smallest absolute Gasteiger partial charge is 0.113 e. The first-order valence-electron chi connectivity index (χ1n) is 6.12. The number of benzene rings is 1. The molecule has 19 heavy (non-hydrogen) atoms. The third-order valence-corrected chi connectivity index (χ3v) is 3.90. The average Bonchev–Trinajstić information content (AvgIpc) is 2.94. The van der Waals surface area contributed by atoms with E-state index >= 15 is 0 Å². The number of anilines is 1. The van der Waals surface area contributed by atoms with E-state index in [9.17, 15) is 5.11 Å². The quantitative estimate of drug-likeness (QED) is 0.801. The topological polar surface area (TPSA) is 58.3 Å². The Morgan fingerprint density at radius 2 is 2.21 bits per heavy atom. The van der Waals surface area contributed by atoms with Crippen molar-refractivity contribution in [3.05, 3.63) is 63.6 Å². The number of nitrogens with two attached hydrogens (primary N) is 1. The molecule has 0 aliphatic heterocycles. The van der Waals surface area contributed by atoms with Crippen LogP contribution in [0.15, 0.2) is 47.6 Å². The Morgan fingerprint density at radius 3 is 2.84 bits per heavy atom. The van der Waals surface area contributed by atoms with Crippen LogP contribution in [0.1, 0.15) is 29.0 Å². The van der Waals surface area contributed by atoms with Gasteiger partial charge in [0.05, 0.1) is 5.82 Å². The second kappa shape index (κ2) is 5.91. The predicted octanol–water partition coefficient (Wildman–Crippen LogP) is 3.37. The Balaban J connectivity index is 2.30. The summed E-state index contributed by atoms with van der Waals surface area (Å²) in [5, 5.41) is 15.4. The van der Waals surface area contributed by atoms with Crippen LogP contribution in [-0.4, -0.2) is 5.11 Å². The molecule has 0 saturated heterocycles. The third-order valence-electron chi connectivity index (χ3n) is 2.98. The van der Waals surface area contributed by atoms with E-state index in [0.717, 1.165) is 21.7 Å². The van der Waals surface area contributed by atoms with Crippen molar-refractivity contribution in [3.63, 3.8) is 0 Å². The van der Waals surface area contributed by atoms with Gasteiger partial charge in [-0.3, -0.25) is 0 Å². The summed E-state index contributed by atoms with van der Waals surface area (Å²) >= 11 is 1.55. The summed E-state index contributed by atoms with van der Waals surface area (Å²) in [4.78, 5) is 0.939. The molecule has 2 rings (SSSR count). The zero-order valence-corrected chi connectivity index (χ0v) is 11.9. The van der Waals surface area contributed by atoms with Gasteiger partial charge in [0.25, 0.3) is 0 Å². The number of rotatable bonds is 4. The number of hydrogen-bond donors (Lipinski definition) is 3. The van der Waals surface area contributed by atoms with E-state index in [1.165, 1.54) is 0 Å². The highest BCUT2D eigenvalue weighted by Gasteiger charge is 2.12. The number of nitrogens with one attached hydrogen (secondary N) is 1. The first-order valence-corrected chi connectivity index (χ1v) is 7.00. The van der Waals surface area contributed by atoms with Crippen molar-refractivity contribution in [2.45, 2.75) is 20.0 Å². The molecular formula is C15H18N2OS. The summed E-state index contributed by atoms with van der Waals surface area (Å²) in [6.45, 7) is 3.88. The van der Waals surface area contributed by atoms with Crippen molar-refractivity contribution in [1.82, 2.24) is 0 Å². The van der Waals surface area contributed by atoms with Crippen molar-refractivity contribution < 1.29 is 5.11 Å². The molecule has 1 aromatic carbocycles. The highest BCUT2D eigenvalue weighted by atomic mass is 32.1. The van der Waals surface area contributed by atoms with Crippen LogP contribution in [0.2, 0.25) is 0 Å². The minimum atomic E-state index is -0.590. The Hall–Kier alpha value is -1.78. The molecule has 1 aromatic heterocycles. The van der Waals surface area contributed by atoms with Crippen LogP contribution in [0.3, 0.4) is 0 Å².